The Bertz CT molecular complexity index is 288. The molecule has 0 fully saturated rings. The summed E-state index contributed by atoms with van der Waals surface area (Å²) in [5.74, 6) is -1.66. The third-order valence-electron chi connectivity index (χ3n) is 1.05. The molecule has 5 nitrogen and oxygen atoms in total. The van der Waals surface area contributed by atoms with Crippen LogP contribution in [0.25, 0.3) is 0 Å². The van der Waals surface area contributed by atoms with Crippen LogP contribution in [-0.4, -0.2) is 11.9 Å². The Morgan fingerprint density at radius 3 is 1.50 bits per heavy atom. The van der Waals surface area contributed by atoms with Gasteiger partial charge in [-0.05, 0) is 0 Å². The van der Waals surface area contributed by atoms with Gasteiger partial charge in [-0.15, -0.1) is 0 Å². The zero-order valence-electron chi connectivity index (χ0n) is 7.96. The van der Waals surface area contributed by atoms with Gasteiger partial charge in [0.2, 0.25) is 0 Å². The van der Waals surface area contributed by atoms with Gasteiger partial charge in [0, 0.05) is 0 Å². The Morgan fingerprint density at radius 2 is 1.29 bits per heavy atom. The molecule has 0 N–H and O–H groups in total. The minimum absolute atomic E-state index is 0.0947. The summed E-state index contributed by atoms with van der Waals surface area (Å²) >= 11 is -3.77. The first-order valence-corrected chi connectivity index (χ1v) is 5.55. The molecule has 0 aromatic heterocycles. The van der Waals surface area contributed by atoms with E-state index in [2.05, 4.69) is 19.8 Å². The Kier molecular flexibility index (Phi) is 5.19. The maximum atomic E-state index is 11.0. The molecule has 0 aliphatic rings. The SMILES string of the molecule is C=C(C)C(=O)[O][Ti](=[O])[O]C(=O)C(=C)C. The van der Waals surface area contributed by atoms with Crippen LogP contribution in [0.1, 0.15) is 13.8 Å². The molecule has 0 saturated heterocycles. The quantitative estimate of drug-likeness (QED) is 0.536. The molecule has 0 aliphatic heterocycles. The average molecular weight is 234 g/mol. The molecule has 0 aliphatic carbocycles. The zero-order chi connectivity index (χ0) is 11.3. The summed E-state index contributed by atoms with van der Waals surface area (Å²) in [5, 5.41) is 0. The van der Waals surface area contributed by atoms with Gasteiger partial charge in [0.25, 0.3) is 0 Å². The van der Waals surface area contributed by atoms with Crippen molar-refractivity contribution >= 4 is 11.9 Å². The first kappa shape index (κ1) is 12.9. The molecule has 0 amide bonds. The molecule has 0 atom stereocenters. The normalized spacial score (nSPS) is 8.71. The Balaban J connectivity index is 4.12. The average Bonchev–Trinajstić information content (AvgIpc) is 2.03. The van der Waals surface area contributed by atoms with Crippen LogP contribution < -0.4 is 0 Å². The van der Waals surface area contributed by atoms with Crippen LogP contribution in [0.15, 0.2) is 24.3 Å². The molecule has 0 saturated carbocycles. The molecule has 0 bridgehead atoms. The first-order valence-electron chi connectivity index (χ1n) is 3.64. The number of rotatable bonds is 4. The second kappa shape index (κ2) is 5.62. The molecule has 0 heterocycles. The van der Waals surface area contributed by atoms with Gasteiger partial charge in [0.05, 0.1) is 0 Å². The van der Waals surface area contributed by atoms with Gasteiger partial charge in [-0.1, -0.05) is 0 Å². The van der Waals surface area contributed by atoms with Gasteiger partial charge in [0.15, 0.2) is 0 Å². The Labute approximate surface area is 88.5 Å². The molecule has 0 aromatic rings. The molecule has 76 valence electrons. The van der Waals surface area contributed by atoms with Gasteiger partial charge in [-0.25, -0.2) is 0 Å². The van der Waals surface area contributed by atoms with Gasteiger partial charge in [-0.2, -0.15) is 0 Å². The third-order valence-corrected chi connectivity index (χ3v) is 2.15. The van der Waals surface area contributed by atoms with E-state index in [1.54, 1.807) is 0 Å². The van der Waals surface area contributed by atoms with Crippen molar-refractivity contribution in [2.45, 2.75) is 13.8 Å². The van der Waals surface area contributed by atoms with Crippen LogP contribution in [0.2, 0.25) is 0 Å². The van der Waals surface area contributed by atoms with Crippen molar-refractivity contribution < 1.29 is 38.2 Å². The van der Waals surface area contributed by atoms with Crippen molar-refractivity contribution in [1.29, 1.82) is 0 Å². The molecular formula is C8H10O5Ti. The summed E-state index contributed by atoms with van der Waals surface area (Å²) in [7, 11) is 0. The Morgan fingerprint density at radius 1 is 1.00 bits per heavy atom. The topological polar surface area (TPSA) is 69.7 Å². The molecule has 6 heteroatoms. The van der Waals surface area contributed by atoms with Gasteiger partial charge in [0.1, 0.15) is 0 Å². The number of carbonyl (C=O) groups is 2. The molecular weight excluding hydrogens is 224 g/mol. The fourth-order valence-electron chi connectivity index (χ4n) is 0.346. The zero-order valence-corrected chi connectivity index (χ0v) is 9.52. The van der Waals surface area contributed by atoms with E-state index < -0.39 is 30.6 Å². The Hall–Kier alpha value is -1.07. The van der Waals surface area contributed by atoms with E-state index in [9.17, 15) is 12.9 Å². The summed E-state index contributed by atoms with van der Waals surface area (Å²) < 4.78 is 19.6. The summed E-state index contributed by atoms with van der Waals surface area (Å²) in [5.41, 5.74) is 0.189. The fraction of sp³-hybridized carbons (Fsp3) is 0.250. The van der Waals surface area contributed by atoms with Crippen molar-refractivity contribution in [1.82, 2.24) is 0 Å². The second-order valence-electron chi connectivity index (χ2n) is 2.59. The second-order valence-corrected chi connectivity index (χ2v) is 4.01. The standard InChI is InChI=1S/2C4H6O2.O.Ti/c2*1-3(2)4(5)6;;/h2*1H2,2H3,(H,5,6);;/q;;;+2/p-2. The molecule has 0 unspecified atom stereocenters. The predicted octanol–water partition coefficient (Wildman–Crippen LogP) is 1.02. The van der Waals surface area contributed by atoms with E-state index in [4.69, 9.17) is 0 Å². The van der Waals surface area contributed by atoms with Crippen LogP contribution in [0.3, 0.4) is 0 Å². The van der Waals surface area contributed by atoms with E-state index in [0.29, 0.717) is 0 Å². The van der Waals surface area contributed by atoms with Crippen LogP contribution >= 0.6 is 0 Å². The van der Waals surface area contributed by atoms with Crippen molar-refractivity contribution in [2.24, 2.45) is 0 Å². The molecule has 14 heavy (non-hydrogen) atoms. The van der Waals surface area contributed by atoms with Crippen LogP contribution in [-0.2, 0) is 38.2 Å². The van der Waals surface area contributed by atoms with Gasteiger partial charge in [-0.3, -0.25) is 0 Å². The fourth-order valence-corrected chi connectivity index (χ4v) is 1.43. The molecule has 0 aromatic carbocycles. The minimum atomic E-state index is -3.77. The third kappa shape index (κ3) is 4.84. The summed E-state index contributed by atoms with van der Waals surface area (Å²) in [6.45, 7) is 9.35. The summed E-state index contributed by atoms with van der Waals surface area (Å²) in [6.07, 6.45) is 0. The first-order chi connectivity index (χ1) is 6.34. The van der Waals surface area contributed by atoms with Gasteiger partial charge < -0.3 is 0 Å². The molecule has 0 spiro atoms. The van der Waals surface area contributed by atoms with Crippen molar-refractivity contribution in [3.8, 4) is 0 Å². The summed E-state index contributed by atoms with van der Waals surface area (Å²) in [6, 6.07) is 0. The van der Waals surface area contributed by atoms with Crippen LogP contribution in [0.4, 0.5) is 0 Å². The van der Waals surface area contributed by atoms with E-state index in [1.165, 1.54) is 13.8 Å². The van der Waals surface area contributed by atoms with Crippen LogP contribution in [0.5, 0.6) is 0 Å². The van der Waals surface area contributed by atoms with E-state index in [1.807, 2.05) is 0 Å². The van der Waals surface area contributed by atoms with E-state index in [0.717, 1.165) is 0 Å². The van der Waals surface area contributed by atoms with Crippen molar-refractivity contribution in [3.05, 3.63) is 24.3 Å². The van der Waals surface area contributed by atoms with Crippen molar-refractivity contribution in [2.75, 3.05) is 0 Å². The molecule has 0 radical (unpaired) electrons. The summed E-state index contributed by atoms with van der Waals surface area (Å²) in [4.78, 5) is 21.6. The number of hydrogen-bond acceptors (Lipinski definition) is 5. The number of hydrogen-bond donors (Lipinski definition) is 0. The van der Waals surface area contributed by atoms with Gasteiger partial charge >= 0.3 is 88.3 Å². The van der Waals surface area contributed by atoms with Crippen LogP contribution in [0, 0.1) is 0 Å². The monoisotopic (exact) mass is 234 g/mol. The van der Waals surface area contributed by atoms with Crippen molar-refractivity contribution in [3.63, 3.8) is 0 Å². The van der Waals surface area contributed by atoms with E-state index in [-0.39, 0.29) is 11.1 Å². The maximum absolute atomic E-state index is 11.0. The van der Waals surface area contributed by atoms with E-state index >= 15 is 0 Å². The number of carbonyl (C=O) groups excluding carboxylic acids is 2. The molecule has 0 rings (SSSR count). The predicted molar refractivity (Wildman–Crippen MR) is 42.5 cm³/mol.